The first-order valence-corrected chi connectivity index (χ1v) is 9.46. The van der Waals surface area contributed by atoms with Gasteiger partial charge in [0.05, 0.1) is 6.26 Å². The Balaban J connectivity index is 1.61. The molecule has 0 fully saturated rings. The second-order valence-electron chi connectivity index (χ2n) is 5.65. The maximum absolute atomic E-state index is 13.0. The molecule has 142 valence electrons. The van der Waals surface area contributed by atoms with Crippen LogP contribution in [0.3, 0.4) is 0 Å². The van der Waals surface area contributed by atoms with Gasteiger partial charge in [0.2, 0.25) is 15.9 Å². The van der Waals surface area contributed by atoms with Crippen LogP contribution in [0.2, 0.25) is 0 Å². The van der Waals surface area contributed by atoms with E-state index in [2.05, 4.69) is 19.5 Å². The normalized spacial score (nSPS) is 14.9. The summed E-state index contributed by atoms with van der Waals surface area (Å²) in [7, 11) is -3.36. The topological polar surface area (TPSA) is 93.7 Å². The summed E-state index contributed by atoms with van der Waals surface area (Å²) >= 11 is 0. The Bertz CT molecular complexity index is 1000. The molecule has 2 N–H and O–H groups in total. The van der Waals surface area contributed by atoms with E-state index in [1.165, 1.54) is 30.4 Å². The van der Waals surface area contributed by atoms with Crippen molar-refractivity contribution in [3.63, 3.8) is 0 Å². The minimum absolute atomic E-state index is 0.115. The van der Waals surface area contributed by atoms with Gasteiger partial charge in [-0.25, -0.2) is 8.42 Å². The highest BCUT2D eigenvalue weighted by Crippen LogP contribution is 2.42. The third-order valence-electron chi connectivity index (χ3n) is 3.31. The summed E-state index contributed by atoms with van der Waals surface area (Å²) in [4.78, 5) is 12.0. The van der Waals surface area contributed by atoms with Crippen LogP contribution in [0.15, 0.2) is 48.5 Å². The number of hydrogen-bond acceptors (Lipinski definition) is 5. The number of carbonyl (C=O) groups excluding carboxylic acids is 1. The fourth-order valence-electron chi connectivity index (χ4n) is 2.26. The highest BCUT2D eigenvalue weighted by molar-refractivity contribution is 7.92. The molecule has 0 saturated heterocycles. The average Bonchev–Trinajstić information content (AvgIpc) is 2.86. The van der Waals surface area contributed by atoms with Crippen molar-refractivity contribution in [2.75, 3.05) is 16.3 Å². The molecule has 2 aromatic carbocycles. The first-order chi connectivity index (χ1) is 12.6. The van der Waals surface area contributed by atoms with Crippen LogP contribution < -0.4 is 19.5 Å². The van der Waals surface area contributed by atoms with E-state index < -0.39 is 22.2 Å². The number of hydrogen-bond donors (Lipinski definition) is 2. The summed E-state index contributed by atoms with van der Waals surface area (Å²) in [6, 6.07) is 10.3. The van der Waals surface area contributed by atoms with E-state index in [0.29, 0.717) is 11.3 Å². The van der Waals surface area contributed by atoms with Crippen LogP contribution in [0, 0.1) is 0 Å². The van der Waals surface area contributed by atoms with E-state index in [1.807, 2.05) is 0 Å². The van der Waals surface area contributed by atoms with E-state index in [1.54, 1.807) is 24.3 Å². The third-order valence-corrected chi connectivity index (χ3v) is 3.92. The Morgan fingerprint density at radius 1 is 1.04 bits per heavy atom. The minimum Gasteiger partial charge on any atom is -0.395 e. The molecule has 1 aliphatic heterocycles. The molecule has 3 rings (SSSR count). The number of benzene rings is 2. The molecule has 7 nitrogen and oxygen atoms in total. The Hall–Kier alpha value is -3.14. The number of ether oxygens (including phenoxy) is 2. The van der Waals surface area contributed by atoms with Crippen molar-refractivity contribution in [2.45, 2.75) is 6.29 Å². The van der Waals surface area contributed by atoms with Crippen LogP contribution in [0.25, 0.3) is 6.08 Å². The molecule has 0 bridgehead atoms. The number of nitrogens with one attached hydrogen (secondary N) is 2. The van der Waals surface area contributed by atoms with E-state index in [9.17, 15) is 22.0 Å². The maximum Gasteiger partial charge on any atom is 0.586 e. The van der Waals surface area contributed by atoms with Gasteiger partial charge in [-0.1, -0.05) is 12.1 Å². The molecular weight excluding hydrogens is 382 g/mol. The van der Waals surface area contributed by atoms with Gasteiger partial charge in [0.1, 0.15) is 0 Å². The molecule has 0 aliphatic carbocycles. The van der Waals surface area contributed by atoms with Crippen LogP contribution in [-0.4, -0.2) is 26.9 Å². The first kappa shape index (κ1) is 18.6. The fourth-order valence-corrected chi connectivity index (χ4v) is 2.82. The lowest BCUT2D eigenvalue weighted by Crippen LogP contribution is -2.25. The van der Waals surface area contributed by atoms with Gasteiger partial charge in [-0.05, 0) is 35.9 Å². The predicted octanol–water partition coefficient (Wildman–Crippen LogP) is 3.03. The first-order valence-electron chi connectivity index (χ1n) is 7.56. The van der Waals surface area contributed by atoms with Gasteiger partial charge in [-0.3, -0.25) is 9.52 Å². The summed E-state index contributed by atoms with van der Waals surface area (Å²) in [6.07, 6.45) is 0.0876. The number of rotatable bonds is 5. The van der Waals surface area contributed by atoms with Gasteiger partial charge in [-0.2, -0.15) is 0 Å². The summed E-state index contributed by atoms with van der Waals surface area (Å²) in [6.45, 7) is 0. The summed E-state index contributed by atoms with van der Waals surface area (Å²) < 4.78 is 59.2. The van der Waals surface area contributed by atoms with Crippen molar-refractivity contribution < 1.29 is 31.5 Å². The summed E-state index contributed by atoms with van der Waals surface area (Å²) in [5.41, 5.74) is 1.32. The average molecular weight is 396 g/mol. The Kier molecular flexibility index (Phi) is 4.75. The van der Waals surface area contributed by atoms with E-state index in [-0.39, 0.29) is 17.2 Å². The molecule has 10 heteroatoms. The third kappa shape index (κ3) is 5.17. The lowest BCUT2D eigenvalue weighted by atomic mass is 10.2. The zero-order valence-corrected chi connectivity index (χ0v) is 14.7. The van der Waals surface area contributed by atoms with Crippen molar-refractivity contribution in [3.8, 4) is 11.5 Å². The number of halogens is 2. The van der Waals surface area contributed by atoms with Crippen LogP contribution in [0.1, 0.15) is 5.56 Å². The number of carbonyl (C=O) groups is 1. The molecule has 1 aliphatic rings. The molecule has 2 aromatic rings. The molecule has 0 atom stereocenters. The number of alkyl halides is 2. The highest BCUT2D eigenvalue weighted by atomic mass is 32.2. The van der Waals surface area contributed by atoms with Crippen molar-refractivity contribution in [2.24, 2.45) is 0 Å². The van der Waals surface area contributed by atoms with Crippen LogP contribution in [0.5, 0.6) is 11.5 Å². The van der Waals surface area contributed by atoms with E-state index in [0.717, 1.165) is 6.26 Å². The molecule has 1 heterocycles. The van der Waals surface area contributed by atoms with Crippen molar-refractivity contribution in [3.05, 3.63) is 54.1 Å². The maximum atomic E-state index is 13.0. The van der Waals surface area contributed by atoms with Gasteiger partial charge in [-0.15, -0.1) is 8.78 Å². The standard InChI is InChI=1S/C17H14F2N2O5S/c1-27(23,24)21-12-5-2-11(3-6-12)4-9-16(22)20-13-7-8-14-15(10-13)26-17(18,19)25-14/h2-10,21H,1H3,(H,20,22)/b9-4+. The van der Waals surface area contributed by atoms with Crippen LogP contribution >= 0.6 is 0 Å². The molecule has 27 heavy (non-hydrogen) atoms. The van der Waals surface area contributed by atoms with Crippen molar-refractivity contribution in [1.29, 1.82) is 0 Å². The second-order valence-corrected chi connectivity index (χ2v) is 7.40. The number of sulfonamides is 1. The van der Waals surface area contributed by atoms with Crippen molar-refractivity contribution in [1.82, 2.24) is 0 Å². The van der Waals surface area contributed by atoms with Gasteiger partial charge in [0.25, 0.3) is 0 Å². The molecule has 1 amide bonds. The second kappa shape index (κ2) is 6.88. The summed E-state index contributed by atoms with van der Waals surface area (Å²) in [5, 5.41) is 2.51. The number of fused-ring (bicyclic) bond motifs is 1. The van der Waals surface area contributed by atoms with Gasteiger partial charge < -0.3 is 14.8 Å². The van der Waals surface area contributed by atoms with E-state index in [4.69, 9.17) is 0 Å². The molecule has 0 unspecified atom stereocenters. The summed E-state index contributed by atoms with van der Waals surface area (Å²) in [5.74, 6) is -0.772. The SMILES string of the molecule is CS(=O)(=O)Nc1ccc(/C=C/C(=O)Nc2ccc3c(c2)OC(F)(F)O3)cc1. The van der Waals surface area contributed by atoms with Crippen LogP contribution in [-0.2, 0) is 14.8 Å². The molecule has 0 aromatic heterocycles. The largest absolute Gasteiger partial charge is 0.586 e. The zero-order chi connectivity index (χ0) is 19.7. The van der Waals surface area contributed by atoms with E-state index >= 15 is 0 Å². The number of amides is 1. The fraction of sp³-hybridized carbons (Fsp3) is 0.118. The Labute approximate surface area is 153 Å². The monoisotopic (exact) mass is 396 g/mol. The molecular formula is C17H14F2N2O5S. The lowest BCUT2D eigenvalue weighted by Gasteiger charge is -2.04. The Morgan fingerprint density at radius 3 is 2.33 bits per heavy atom. The van der Waals surface area contributed by atoms with Gasteiger partial charge >= 0.3 is 6.29 Å². The predicted molar refractivity (Wildman–Crippen MR) is 95.2 cm³/mol. The molecule has 0 spiro atoms. The van der Waals surface area contributed by atoms with Crippen LogP contribution in [0.4, 0.5) is 20.2 Å². The van der Waals surface area contributed by atoms with Crippen molar-refractivity contribution >= 4 is 33.4 Å². The Morgan fingerprint density at radius 2 is 1.67 bits per heavy atom. The highest BCUT2D eigenvalue weighted by Gasteiger charge is 2.43. The van der Waals surface area contributed by atoms with Gasteiger partial charge in [0, 0.05) is 23.5 Å². The molecule has 0 saturated carbocycles. The lowest BCUT2D eigenvalue weighted by molar-refractivity contribution is -0.286. The van der Waals surface area contributed by atoms with Gasteiger partial charge in [0.15, 0.2) is 11.5 Å². The minimum atomic E-state index is -3.72. The molecule has 0 radical (unpaired) electrons. The quantitative estimate of drug-likeness (QED) is 0.758. The number of anilines is 2. The smallest absolute Gasteiger partial charge is 0.395 e. The zero-order valence-electron chi connectivity index (χ0n) is 13.9.